The lowest BCUT2D eigenvalue weighted by Gasteiger charge is -2.17. The number of amides is 1. The van der Waals surface area contributed by atoms with Crippen molar-refractivity contribution in [2.75, 3.05) is 18.2 Å². The van der Waals surface area contributed by atoms with Crippen molar-refractivity contribution in [1.29, 1.82) is 0 Å². The predicted octanol–water partition coefficient (Wildman–Crippen LogP) is 3.69. The van der Waals surface area contributed by atoms with Crippen LogP contribution in [-0.4, -0.2) is 35.0 Å². The molecule has 0 atom stereocenters. The Balaban J connectivity index is 1.25. The second kappa shape index (κ2) is 7.84. The second-order valence-corrected chi connectivity index (χ2v) is 8.98. The molecule has 1 aromatic heterocycles. The Morgan fingerprint density at radius 3 is 2.54 bits per heavy atom. The molecule has 26 heavy (non-hydrogen) atoms. The molecule has 2 aliphatic carbocycles. The minimum absolute atomic E-state index is 0.110. The number of benzene rings is 1. The van der Waals surface area contributed by atoms with E-state index in [1.165, 1.54) is 48.8 Å². The van der Waals surface area contributed by atoms with Crippen LogP contribution in [0, 0.1) is 11.8 Å². The number of nitrogens with zero attached hydrogens (tertiary/aromatic N) is 2. The summed E-state index contributed by atoms with van der Waals surface area (Å²) < 4.78 is 5.94. The fourth-order valence-corrected chi connectivity index (χ4v) is 4.59. The number of carbonyl (C=O) groups is 1. The van der Waals surface area contributed by atoms with Gasteiger partial charge >= 0.3 is 0 Å². The summed E-state index contributed by atoms with van der Waals surface area (Å²) in [5, 5.41) is 15.5. The van der Waals surface area contributed by atoms with Crippen LogP contribution in [0.3, 0.4) is 0 Å². The maximum absolute atomic E-state index is 12.2. The first-order valence-electron chi connectivity index (χ1n) is 8.88. The molecule has 2 aromatic rings. The van der Waals surface area contributed by atoms with E-state index in [2.05, 4.69) is 20.8 Å². The molecule has 0 bridgehead atoms. The third-order valence-corrected chi connectivity index (χ3v) is 6.63. The summed E-state index contributed by atoms with van der Waals surface area (Å²) in [5.41, 5.74) is 0.924. The van der Waals surface area contributed by atoms with Crippen LogP contribution < -0.4 is 15.4 Å². The third kappa shape index (κ3) is 4.67. The highest BCUT2D eigenvalue weighted by Crippen LogP contribution is 2.44. The summed E-state index contributed by atoms with van der Waals surface area (Å²) >= 11 is 2.90. The van der Waals surface area contributed by atoms with Gasteiger partial charge in [0.05, 0.1) is 12.9 Å². The maximum atomic E-state index is 12.2. The van der Waals surface area contributed by atoms with Crippen molar-refractivity contribution in [1.82, 2.24) is 15.5 Å². The van der Waals surface area contributed by atoms with Crippen molar-refractivity contribution < 1.29 is 9.53 Å². The SMILES string of the molecule is COc1ccc(Nc2nnc(SCC(=O)NC(C3CC3)C3CC3)s2)cc1. The van der Waals surface area contributed by atoms with E-state index in [1.54, 1.807) is 7.11 Å². The van der Waals surface area contributed by atoms with Crippen LogP contribution in [-0.2, 0) is 4.79 Å². The molecule has 0 saturated heterocycles. The highest BCUT2D eigenvalue weighted by atomic mass is 32.2. The average molecular weight is 391 g/mol. The minimum Gasteiger partial charge on any atom is -0.497 e. The van der Waals surface area contributed by atoms with Gasteiger partial charge in [0.15, 0.2) is 4.34 Å². The van der Waals surface area contributed by atoms with Gasteiger partial charge in [0.2, 0.25) is 11.0 Å². The van der Waals surface area contributed by atoms with Crippen molar-refractivity contribution in [3.63, 3.8) is 0 Å². The van der Waals surface area contributed by atoms with Gasteiger partial charge in [0.1, 0.15) is 5.75 Å². The quantitative estimate of drug-likeness (QED) is 0.636. The number of methoxy groups -OCH3 is 1. The van der Waals surface area contributed by atoms with Crippen LogP contribution in [0.25, 0.3) is 0 Å². The number of ether oxygens (including phenoxy) is 1. The lowest BCUT2D eigenvalue weighted by molar-refractivity contribution is -0.119. The Morgan fingerprint density at radius 1 is 1.23 bits per heavy atom. The Labute approximate surface area is 161 Å². The molecule has 2 N–H and O–H groups in total. The number of aromatic nitrogens is 2. The Hall–Kier alpha value is -1.80. The van der Waals surface area contributed by atoms with E-state index in [-0.39, 0.29) is 5.91 Å². The number of hydrogen-bond donors (Lipinski definition) is 2. The van der Waals surface area contributed by atoms with Gasteiger partial charge in [-0.15, -0.1) is 10.2 Å². The zero-order chi connectivity index (χ0) is 17.9. The van der Waals surface area contributed by atoms with Crippen LogP contribution in [0.1, 0.15) is 25.7 Å². The summed E-state index contributed by atoms with van der Waals surface area (Å²) in [6.07, 6.45) is 5.08. The molecule has 0 unspecified atom stereocenters. The summed E-state index contributed by atoms with van der Waals surface area (Å²) in [6, 6.07) is 8.04. The highest BCUT2D eigenvalue weighted by Gasteiger charge is 2.42. The molecule has 2 aliphatic rings. The van der Waals surface area contributed by atoms with Crippen LogP contribution >= 0.6 is 23.1 Å². The molecule has 1 amide bonds. The molecule has 1 heterocycles. The molecule has 2 fully saturated rings. The Morgan fingerprint density at radius 2 is 1.92 bits per heavy atom. The van der Waals surface area contributed by atoms with Crippen LogP contribution in [0.15, 0.2) is 28.6 Å². The molecular weight excluding hydrogens is 368 g/mol. The fourth-order valence-electron chi connectivity index (χ4n) is 3.00. The summed E-state index contributed by atoms with van der Waals surface area (Å²) in [7, 11) is 1.64. The molecule has 1 aromatic carbocycles. The maximum Gasteiger partial charge on any atom is 0.230 e. The first-order valence-corrected chi connectivity index (χ1v) is 10.7. The smallest absolute Gasteiger partial charge is 0.230 e. The van der Waals surface area contributed by atoms with Gasteiger partial charge in [-0.2, -0.15) is 0 Å². The van der Waals surface area contributed by atoms with Gasteiger partial charge < -0.3 is 15.4 Å². The Kier molecular flexibility index (Phi) is 5.31. The lowest BCUT2D eigenvalue weighted by Crippen LogP contribution is -2.39. The number of anilines is 2. The van der Waals surface area contributed by atoms with Gasteiger partial charge in [0.25, 0.3) is 0 Å². The van der Waals surface area contributed by atoms with Crippen molar-refractivity contribution >= 4 is 39.8 Å². The zero-order valence-corrected chi connectivity index (χ0v) is 16.2. The molecule has 0 spiro atoms. The molecular formula is C18H22N4O2S2. The average Bonchev–Trinajstić information content (AvgIpc) is 3.58. The minimum atomic E-state index is 0.110. The van der Waals surface area contributed by atoms with E-state index in [9.17, 15) is 4.79 Å². The standard InChI is InChI=1S/C18H22N4O2S2/c1-24-14-8-6-13(7-9-14)19-17-21-22-18(26-17)25-10-15(23)20-16(11-2-3-11)12-4-5-12/h6-9,11-12,16H,2-5,10H2,1H3,(H,19,21)(H,20,23). The molecule has 6 nitrogen and oxygen atoms in total. The lowest BCUT2D eigenvalue weighted by atomic mass is 10.1. The van der Waals surface area contributed by atoms with Gasteiger partial charge in [-0.3, -0.25) is 4.79 Å². The van der Waals surface area contributed by atoms with E-state index in [0.717, 1.165) is 27.6 Å². The molecule has 0 aliphatic heterocycles. The van der Waals surface area contributed by atoms with Gasteiger partial charge in [-0.05, 0) is 61.8 Å². The Bertz CT molecular complexity index is 745. The van der Waals surface area contributed by atoms with Crippen LogP contribution in [0.4, 0.5) is 10.8 Å². The number of hydrogen-bond acceptors (Lipinski definition) is 7. The zero-order valence-electron chi connectivity index (χ0n) is 14.6. The first-order chi connectivity index (χ1) is 12.7. The van der Waals surface area contributed by atoms with Gasteiger partial charge in [-0.1, -0.05) is 23.1 Å². The van der Waals surface area contributed by atoms with Crippen LogP contribution in [0.5, 0.6) is 5.75 Å². The van der Waals surface area contributed by atoms with Crippen molar-refractivity contribution in [3.05, 3.63) is 24.3 Å². The summed E-state index contributed by atoms with van der Waals surface area (Å²) in [5.74, 6) is 2.76. The fraction of sp³-hybridized carbons (Fsp3) is 0.500. The number of nitrogens with one attached hydrogen (secondary N) is 2. The van der Waals surface area contributed by atoms with E-state index in [1.807, 2.05) is 24.3 Å². The van der Waals surface area contributed by atoms with Gasteiger partial charge in [0, 0.05) is 11.7 Å². The normalized spacial score (nSPS) is 16.5. The van der Waals surface area contributed by atoms with Crippen molar-refractivity contribution in [3.8, 4) is 5.75 Å². The summed E-state index contributed by atoms with van der Waals surface area (Å²) in [4.78, 5) is 12.2. The number of rotatable bonds is 9. The molecule has 4 rings (SSSR count). The monoisotopic (exact) mass is 390 g/mol. The topological polar surface area (TPSA) is 76.1 Å². The highest BCUT2D eigenvalue weighted by molar-refractivity contribution is 8.01. The molecule has 8 heteroatoms. The van der Waals surface area contributed by atoms with Crippen LogP contribution in [0.2, 0.25) is 0 Å². The second-order valence-electron chi connectivity index (χ2n) is 6.78. The number of thioether (sulfide) groups is 1. The summed E-state index contributed by atoms with van der Waals surface area (Å²) in [6.45, 7) is 0. The van der Waals surface area contributed by atoms with E-state index in [4.69, 9.17) is 4.74 Å². The molecule has 0 radical (unpaired) electrons. The largest absolute Gasteiger partial charge is 0.497 e. The van der Waals surface area contributed by atoms with Crippen molar-refractivity contribution in [2.45, 2.75) is 36.1 Å². The van der Waals surface area contributed by atoms with E-state index in [0.29, 0.717) is 16.9 Å². The van der Waals surface area contributed by atoms with Crippen molar-refractivity contribution in [2.24, 2.45) is 11.8 Å². The molecule has 2 saturated carbocycles. The predicted molar refractivity (Wildman–Crippen MR) is 104 cm³/mol. The number of carbonyl (C=O) groups excluding carboxylic acids is 1. The van der Waals surface area contributed by atoms with E-state index >= 15 is 0 Å². The molecule has 138 valence electrons. The van der Waals surface area contributed by atoms with Gasteiger partial charge in [-0.25, -0.2) is 0 Å². The van der Waals surface area contributed by atoms with E-state index < -0.39 is 0 Å². The third-order valence-electron chi connectivity index (χ3n) is 4.66. The first kappa shape index (κ1) is 17.6.